The van der Waals surface area contributed by atoms with E-state index in [0.717, 1.165) is 43.2 Å². The number of aromatic nitrogens is 3. The van der Waals surface area contributed by atoms with Gasteiger partial charge in [0.2, 0.25) is 10.3 Å². The monoisotopic (exact) mass is 389 g/mol. The highest BCUT2D eigenvalue weighted by Gasteiger charge is 2.19. The lowest BCUT2D eigenvalue weighted by atomic mass is 10.1. The first kappa shape index (κ1) is 17.6. The van der Waals surface area contributed by atoms with Gasteiger partial charge in [0.15, 0.2) is 0 Å². The summed E-state index contributed by atoms with van der Waals surface area (Å²) in [6.45, 7) is 1.91. The molecule has 0 unspecified atom stereocenters. The van der Waals surface area contributed by atoms with Gasteiger partial charge in [-0.05, 0) is 43.5 Å². The van der Waals surface area contributed by atoms with Crippen LogP contribution in [-0.2, 0) is 0 Å². The van der Waals surface area contributed by atoms with E-state index in [1.807, 2.05) is 0 Å². The van der Waals surface area contributed by atoms with Crippen LogP contribution in [0.1, 0.15) is 29.8 Å². The second-order valence-electron chi connectivity index (χ2n) is 6.26. The molecule has 6 nitrogen and oxygen atoms in total. The van der Waals surface area contributed by atoms with Crippen LogP contribution in [0.2, 0.25) is 0 Å². The Morgan fingerprint density at radius 1 is 1.07 bits per heavy atom. The molecule has 9 heteroatoms. The number of benzene rings is 1. The fourth-order valence-electron chi connectivity index (χ4n) is 3.03. The van der Waals surface area contributed by atoms with Gasteiger partial charge in [-0.25, -0.2) is 8.78 Å². The Kier molecular flexibility index (Phi) is 4.85. The van der Waals surface area contributed by atoms with Crippen LogP contribution in [0.3, 0.4) is 0 Å². The van der Waals surface area contributed by atoms with Crippen LogP contribution in [0.25, 0.3) is 5.13 Å². The Bertz CT molecular complexity index is 964. The lowest BCUT2D eigenvalue weighted by Gasteiger charge is -2.25. The van der Waals surface area contributed by atoms with Crippen molar-refractivity contribution in [2.24, 2.45) is 0 Å². The Balaban J connectivity index is 1.55. The minimum atomic E-state index is -0.829. The summed E-state index contributed by atoms with van der Waals surface area (Å²) in [6, 6.07) is 6.32. The number of anilines is 2. The fraction of sp³-hybridized carbons (Fsp3) is 0.278. The van der Waals surface area contributed by atoms with Crippen LogP contribution in [0.15, 0.2) is 36.5 Å². The average molecular weight is 389 g/mol. The molecule has 1 fully saturated rings. The zero-order valence-corrected chi connectivity index (χ0v) is 15.2. The lowest BCUT2D eigenvalue weighted by Crippen LogP contribution is -2.29. The molecule has 0 bridgehead atoms. The highest BCUT2D eigenvalue weighted by molar-refractivity contribution is 7.17. The highest BCUT2D eigenvalue weighted by Crippen LogP contribution is 2.27. The van der Waals surface area contributed by atoms with Crippen LogP contribution in [0, 0.1) is 11.6 Å². The van der Waals surface area contributed by atoms with Crippen LogP contribution in [-0.4, -0.2) is 33.8 Å². The molecule has 0 saturated carbocycles. The first-order valence-electron chi connectivity index (χ1n) is 8.64. The number of carbonyl (C=O) groups is 1. The van der Waals surface area contributed by atoms with E-state index in [-0.39, 0.29) is 5.69 Å². The summed E-state index contributed by atoms with van der Waals surface area (Å²) in [6.07, 6.45) is 5.20. The zero-order valence-electron chi connectivity index (χ0n) is 14.4. The van der Waals surface area contributed by atoms with Gasteiger partial charge < -0.3 is 10.2 Å². The van der Waals surface area contributed by atoms with E-state index in [4.69, 9.17) is 0 Å². The molecule has 3 heterocycles. The average Bonchev–Trinajstić information content (AvgIpc) is 3.33. The van der Waals surface area contributed by atoms with Gasteiger partial charge in [0.05, 0.1) is 5.69 Å². The summed E-state index contributed by atoms with van der Waals surface area (Å²) in [4.78, 5) is 14.8. The number of rotatable bonds is 4. The molecule has 1 aliphatic rings. The number of halogens is 2. The quantitative estimate of drug-likeness (QED) is 0.736. The van der Waals surface area contributed by atoms with Gasteiger partial charge in [0.25, 0.3) is 5.91 Å². The summed E-state index contributed by atoms with van der Waals surface area (Å²) in [5, 5.41) is 12.3. The predicted octanol–water partition coefficient (Wildman–Crippen LogP) is 3.85. The van der Waals surface area contributed by atoms with Crippen molar-refractivity contribution in [3.05, 3.63) is 53.9 Å². The maximum Gasteiger partial charge on any atom is 0.272 e. The van der Waals surface area contributed by atoms with E-state index in [2.05, 4.69) is 20.4 Å². The molecule has 1 amide bonds. The van der Waals surface area contributed by atoms with E-state index >= 15 is 0 Å². The summed E-state index contributed by atoms with van der Waals surface area (Å²) < 4.78 is 28.4. The normalized spacial score (nSPS) is 14.4. The topological polar surface area (TPSA) is 63.1 Å². The van der Waals surface area contributed by atoms with Crippen molar-refractivity contribution in [2.75, 3.05) is 23.3 Å². The molecule has 0 spiro atoms. The molecule has 0 radical (unpaired) electrons. The zero-order chi connectivity index (χ0) is 18.8. The smallest absolute Gasteiger partial charge is 0.272 e. The summed E-state index contributed by atoms with van der Waals surface area (Å²) in [5.41, 5.74) is 0.209. The van der Waals surface area contributed by atoms with Crippen LogP contribution >= 0.6 is 11.3 Å². The molecule has 1 N–H and O–H groups in total. The summed E-state index contributed by atoms with van der Waals surface area (Å²) >= 11 is 1.40. The predicted molar refractivity (Wildman–Crippen MR) is 99.6 cm³/mol. The van der Waals surface area contributed by atoms with Gasteiger partial charge >= 0.3 is 0 Å². The Hall–Kier alpha value is -2.81. The Morgan fingerprint density at radius 3 is 2.63 bits per heavy atom. The van der Waals surface area contributed by atoms with Crippen LogP contribution in [0.5, 0.6) is 0 Å². The number of amides is 1. The number of piperidine rings is 1. The first-order chi connectivity index (χ1) is 13.1. The molecule has 0 aliphatic carbocycles. The Labute approximate surface area is 158 Å². The third-order valence-corrected chi connectivity index (χ3v) is 5.38. The first-order valence-corrected chi connectivity index (χ1v) is 9.46. The van der Waals surface area contributed by atoms with Crippen molar-refractivity contribution >= 4 is 28.1 Å². The maximum absolute atomic E-state index is 13.8. The maximum atomic E-state index is 13.8. The van der Waals surface area contributed by atoms with E-state index in [1.165, 1.54) is 23.8 Å². The number of carbonyl (C=O) groups excluding carboxylic acids is 1. The van der Waals surface area contributed by atoms with Crippen molar-refractivity contribution < 1.29 is 13.6 Å². The largest absolute Gasteiger partial charge is 0.347 e. The summed E-state index contributed by atoms with van der Waals surface area (Å²) in [5.74, 6) is -2.04. The molecule has 3 aromatic rings. The van der Waals surface area contributed by atoms with Gasteiger partial charge in [-0.2, -0.15) is 0 Å². The number of nitrogens with one attached hydrogen (secondary N) is 1. The molecule has 1 aromatic carbocycles. The van der Waals surface area contributed by atoms with Crippen molar-refractivity contribution in [3.8, 4) is 5.13 Å². The molecular formula is C18H17F2N5OS. The number of hydrogen-bond acceptors (Lipinski definition) is 5. The minimum Gasteiger partial charge on any atom is -0.347 e. The second kappa shape index (κ2) is 7.43. The van der Waals surface area contributed by atoms with Crippen molar-refractivity contribution in [2.45, 2.75) is 19.3 Å². The van der Waals surface area contributed by atoms with Gasteiger partial charge in [-0.1, -0.05) is 11.3 Å². The third kappa shape index (κ3) is 3.68. The van der Waals surface area contributed by atoms with Crippen molar-refractivity contribution in [1.29, 1.82) is 0 Å². The molecule has 27 heavy (non-hydrogen) atoms. The highest BCUT2D eigenvalue weighted by atomic mass is 32.1. The number of hydrogen-bond donors (Lipinski definition) is 1. The van der Waals surface area contributed by atoms with Crippen molar-refractivity contribution in [1.82, 2.24) is 14.8 Å². The number of nitrogens with zero attached hydrogens (tertiary/aromatic N) is 4. The van der Waals surface area contributed by atoms with E-state index in [0.29, 0.717) is 10.8 Å². The molecule has 2 aromatic heterocycles. The Morgan fingerprint density at radius 2 is 1.85 bits per heavy atom. The molecular weight excluding hydrogens is 372 g/mol. The molecule has 140 valence electrons. The van der Waals surface area contributed by atoms with Gasteiger partial charge in [0, 0.05) is 25.4 Å². The third-order valence-electron chi connectivity index (χ3n) is 4.40. The lowest BCUT2D eigenvalue weighted by molar-refractivity contribution is 0.102. The van der Waals surface area contributed by atoms with Gasteiger partial charge in [-0.3, -0.25) is 9.36 Å². The fourth-order valence-corrected chi connectivity index (χ4v) is 3.92. The molecule has 1 saturated heterocycles. The van der Waals surface area contributed by atoms with E-state index in [1.54, 1.807) is 22.9 Å². The molecule has 4 rings (SSSR count). The van der Waals surface area contributed by atoms with Crippen LogP contribution < -0.4 is 10.2 Å². The van der Waals surface area contributed by atoms with Crippen molar-refractivity contribution in [3.63, 3.8) is 0 Å². The van der Waals surface area contributed by atoms with E-state index in [9.17, 15) is 13.6 Å². The van der Waals surface area contributed by atoms with Gasteiger partial charge in [-0.15, -0.1) is 10.2 Å². The second-order valence-corrected chi connectivity index (χ2v) is 7.19. The molecule has 0 atom stereocenters. The SMILES string of the molecule is O=C(Nc1ccc(F)cc1F)c1cccn1-c1nnc(N2CCCCC2)s1. The van der Waals surface area contributed by atoms with Crippen LogP contribution in [0.4, 0.5) is 19.6 Å². The summed E-state index contributed by atoms with van der Waals surface area (Å²) in [7, 11) is 0. The van der Waals surface area contributed by atoms with E-state index < -0.39 is 17.5 Å². The standard InChI is InChI=1S/C18H17F2N5OS/c19-12-6-7-14(13(20)11-12)21-16(26)15-5-4-10-25(15)18-23-22-17(27-18)24-8-2-1-3-9-24/h4-7,10-11H,1-3,8-9H2,(H,21,26). The molecule has 1 aliphatic heterocycles. The van der Waals surface area contributed by atoms with Gasteiger partial charge in [0.1, 0.15) is 17.3 Å². The minimum absolute atomic E-state index is 0.0829.